The van der Waals surface area contributed by atoms with E-state index >= 15 is 0 Å². The summed E-state index contributed by atoms with van der Waals surface area (Å²) in [6, 6.07) is 0. The van der Waals surface area contributed by atoms with Crippen molar-refractivity contribution in [3.63, 3.8) is 0 Å². The normalized spacial score (nSPS) is 20.0. The van der Waals surface area contributed by atoms with Crippen LogP contribution in [0, 0.1) is 11.8 Å². The van der Waals surface area contributed by atoms with Crippen molar-refractivity contribution >= 4 is 5.97 Å². The fourth-order valence-corrected chi connectivity index (χ4v) is 2.44. The molecule has 1 saturated carbocycles. The molecule has 2 nitrogen and oxygen atoms in total. The van der Waals surface area contributed by atoms with Crippen molar-refractivity contribution in [3.8, 4) is 0 Å². The zero-order valence-electron chi connectivity index (χ0n) is 10.1. The third-order valence-electron chi connectivity index (χ3n) is 3.47. The highest BCUT2D eigenvalue weighted by Crippen LogP contribution is 2.35. The molecule has 0 spiro atoms. The lowest BCUT2D eigenvalue weighted by atomic mass is 9.84. The van der Waals surface area contributed by atoms with Gasteiger partial charge in [0, 0.05) is 0 Å². The van der Waals surface area contributed by atoms with Crippen LogP contribution < -0.4 is 0 Å². The van der Waals surface area contributed by atoms with Gasteiger partial charge in [0.1, 0.15) is 0 Å². The van der Waals surface area contributed by atoms with Gasteiger partial charge in [-0.15, -0.1) is 0 Å². The molecule has 0 heterocycles. The smallest absolute Gasteiger partial charge is 0.402 e. The van der Waals surface area contributed by atoms with E-state index in [0.717, 1.165) is 32.8 Å². The zero-order valence-corrected chi connectivity index (χ0v) is 10.1. The standard InChI is InChI=1S/C12H19F3O2/c1-17-11(16)10(12(13,14)15)8-7-9-5-3-2-4-6-9/h9-10H,2-8H2,1H3. The van der Waals surface area contributed by atoms with Gasteiger partial charge in [0.2, 0.25) is 0 Å². The molecule has 0 aromatic carbocycles. The van der Waals surface area contributed by atoms with Crippen molar-refractivity contribution < 1.29 is 22.7 Å². The molecule has 0 aromatic heterocycles. The first kappa shape index (κ1) is 14.3. The molecule has 17 heavy (non-hydrogen) atoms. The minimum Gasteiger partial charge on any atom is -0.469 e. The quantitative estimate of drug-likeness (QED) is 0.713. The van der Waals surface area contributed by atoms with E-state index in [1.54, 1.807) is 0 Å². The van der Waals surface area contributed by atoms with Crippen LogP contribution in [-0.2, 0) is 9.53 Å². The summed E-state index contributed by atoms with van der Waals surface area (Å²) < 4.78 is 42.1. The van der Waals surface area contributed by atoms with E-state index in [1.807, 2.05) is 0 Å². The van der Waals surface area contributed by atoms with Crippen LogP contribution in [0.3, 0.4) is 0 Å². The molecule has 0 bridgehead atoms. The molecule has 1 fully saturated rings. The Morgan fingerprint density at radius 3 is 2.35 bits per heavy atom. The highest BCUT2D eigenvalue weighted by atomic mass is 19.4. The molecular formula is C12H19F3O2. The summed E-state index contributed by atoms with van der Waals surface area (Å²) in [5.74, 6) is -2.76. The molecule has 0 amide bonds. The molecule has 1 unspecified atom stereocenters. The Bertz CT molecular complexity index is 245. The number of hydrogen-bond acceptors (Lipinski definition) is 2. The second kappa shape index (κ2) is 6.26. The maximum Gasteiger partial charge on any atom is 0.402 e. The zero-order chi connectivity index (χ0) is 12.9. The number of ether oxygens (including phenoxy) is 1. The van der Waals surface area contributed by atoms with E-state index in [0.29, 0.717) is 12.3 Å². The van der Waals surface area contributed by atoms with Gasteiger partial charge in [-0.05, 0) is 18.8 Å². The summed E-state index contributed by atoms with van der Waals surface area (Å²) in [6.45, 7) is 0. The lowest BCUT2D eigenvalue weighted by Crippen LogP contribution is -2.32. The van der Waals surface area contributed by atoms with Crippen LogP contribution in [0.4, 0.5) is 13.2 Å². The summed E-state index contributed by atoms with van der Waals surface area (Å²) in [4.78, 5) is 11.1. The van der Waals surface area contributed by atoms with Crippen molar-refractivity contribution in [3.05, 3.63) is 0 Å². The van der Waals surface area contributed by atoms with Crippen LogP contribution >= 0.6 is 0 Å². The molecule has 5 heteroatoms. The van der Waals surface area contributed by atoms with Crippen molar-refractivity contribution in [1.29, 1.82) is 0 Å². The predicted molar refractivity (Wildman–Crippen MR) is 57.4 cm³/mol. The molecule has 0 radical (unpaired) electrons. The molecule has 1 aliphatic carbocycles. The number of rotatable bonds is 4. The Kier molecular flexibility index (Phi) is 5.28. The fourth-order valence-electron chi connectivity index (χ4n) is 2.44. The van der Waals surface area contributed by atoms with Gasteiger partial charge in [0.25, 0.3) is 0 Å². The van der Waals surface area contributed by atoms with Gasteiger partial charge in [-0.1, -0.05) is 32.1 Å². The SMILES string of the molecule is COC(=O)C(CCC1CCCCC1)C(F)(F)F. The monoisotopic (exact) mass is 252 g/mol. The van der Waals surface area contributed by atoms with Gasteiger partial charge in [-0.3, -0.25) is 4.79 Å². The van der Waals surface area contributed by atoms with Gasteiger partial charge < -0.3 is 4.74 Å². The predicted octanol–water partition coefficient (Wildman–Crippen LogP) is 3.70. The van der Waals surface area contributed by atoms with Crippen molar-refractivity contribution in [2.24, 2.45) is 11.8 Å². The first-order chi connectivity index (χ1) is 7.95. The van der Waals surface area contributed by atoms with Crippen LogP contribution in [0.1, 0.15) is 44.9 Å². The molecule has 1 rings (SSSR count). The lowest BCUT2D eigenvalue weighted by molar-refractivity contribution is -0.197. The Balaban J connectivity index is 2.46. The number of methoxy groups -OCH3 is 1. The molecule has 0 N–H and O–H groups in total. The van der Waals surface area contributed by atoms with Crippen LogP contribution in [-0.4, -0.2) is 19.3 Å². The third-order valence-corrected chi connectivity index (χ3v) is 3.47. The molecule has 0 aromatic rings. The highest BCUT2D eigenvalue weighted by Gasteiger charge is 2.45. The first-order valence-corrected chi connectivity index (χ1v) is 6.09. The summed E-state index contributed by atoms with van der Waals surface area (Å²) in [6.07, 6.45) is 1.20. The van der Waals surface area contributed by atoms with Gasteiger partial charge >= 0.3 is 12.1 Å². The highest BCUT2D eigenvalue weighted by molar-refractivity contribution is 5.73. The minimum atomic E-state index is -4.48. The molecule has 1 atom stereocenters. The third kappa shape index (κ3) is 4.56. The van der Waals surface area contributed by atoms with Gasteiger partial charge in [-0.2, -0.15) is 13.2 Å². The molecule has 1 aliphatic rings. The van der Waals surface area contributed by atoms with Crippen molar-refractivity contribution in [1.82, 2.24) is 0 Å². The molecular weight excluding hydrogens is 233 g/mol. The molecule has 0 saturated heterocycles. The van der Waals surface area contributed by atoms with E-state index in [4.69, 9.17) is 0 Å². The summed E-state index contributed by atoms with van der Waals surface area (Å²) in [5, 5.41) is 0. The second-order valence-corrected chi connectivity index (χ2v) is 4.70. The summed E-state index contributed by atoms with van der Waals surface area (Å²) in [7, 11) is 1.00. The van der Waals surface area contributed by atoms with E-state index in [9.17, 15) is 18.0 Å². The maximum absolute atomic E-state index is 12.6. The Morgan fingerprint density at radius 2 is 1.88 bits per heavy atom. The van der Waals surface area contributed by atoms with Gasteiger partial charge in [-0.25, -0.2) is 0 Å². The summed E-state index contributed by atoms with van der Waals surface area (Å²) >= 11 is 0. The van der Waals surface area contributed by atoms with Gasteiger partial charge in [0.15, 0.2) is 5.92 Å². The maximum atomic E-state index is 12.6. The van der Waals surface area contributed by atoms with Crippen LogP contribution in [0.2, 0.25) is 0 Å². The molecule has 100 valence electrons. The van der Waals surface area contributed by atoms with Crippen LogP contribution in [0.25, 0.3) is 0 Å². The molecule has 0 aliphatic heterocycles. The van der Waals surface area contributed by atoms with E-state index < -0.39 is 18.1 Å². The number of hydrogen-bond donors (Lipinski definition) is 0. The number of alkyl halides is 3. The average Bonchev–Trinajstić information content (AvgIpc) is 2.28. The Morgan fingerprint density at radius 1 is 1.29 bits per heavy atom. The topological polar surface area (TPSA) is 26.3 Å². The Labute approximate surface area is 99.5 Å². The fraction of sp³-hybridized carbons (Fsp3) is 0.917. The van der Waals surface area contributed by atoms with Crippen LogP contribution in [0.5, 0.6) is 0 Å². The van der Waals surface area contributed by atoms with Gasteiger partial charge in [0.05, 0.1) is 7.11 Å². The number of carbonyl (C=O) groups excluding carboxylic acids is 1. The largest absolute Gasteiger partial charge is 0.469 e. The number of carbonyl (C=O) groups is 1. The Hall–Kier alpha value is -0.740. The van der Waals surface area contributed by atoms with Crippen molar-refractivity contribution in [2.45, 2.75) is 51.1 Å². The van der Waals surface area contributed by atoms with E-state index in [1.165, 1.54) is 6.42 Å². The first-order valence-electron chi connectivity index (χ1n) is 6.09. The van der Waals surface area contributed by atoms with E-state index in [-0.39, 0.29) is 6.42 Å². The summed E-state index contributed by atoms with van der Waals surface area (Å²) in [5.41, 5.74) is 0. The average molecular weight is 252 g/mol. The van der Waals surface area contributed by atoms with E-state index in [2.05, 4.69) is 4.74 Å². The second-order valence-electron chi connectivity index (χ2n) is 4.70. The number of halogens is 3. The van der Waals surface area contributed by atoms with Crippen molar-refractivity contribution in [2.75, 3.05) is 7.11 Å². The minimum absolute atomic E-state index is 0.138. The number of esters is 1. The lowest BCUT2D eigenvalue weighted by Gasteiger charge is -2.24. The van der Waals surface area contributed by atoms with Crippen LogP contribution in [0.15, 0.2) is 0 Å².